The molecule has 0 bridgehead atoms. The summed E-state index contributed by atoms with van der Waals surface area (Å²) in [4.78, 5) is 11.4. The van der Waals surface area contributed by atoms with Crippen molar-refractivity contribution in [1.82, 2.24) is 0 Å². The highest BCUT2D eigenvalue weighted by atomic mass is 16.5. The van der Waals surface area contributed by atoms with Crippen LogP contribution in [0.25, 0.3) is 0 Å². The molecular weight excluding hydrogens is 216 g/mol. The topological polar surface area (TPSA) is 46.5 Å². The SMILES string of the molecule is CC(C)CC(C)(OC1CCCCC1C)C(=O)O. The van der Waals surface area contributed by atoms with Crippen LogP contribution >= 0.6 is 0 Å². The van der Waals surface area contributed by atoms with Crippen molar-refractivity contribution in [2.75, 3.05) is 0 Å². The second-order valence-corrected chi connectivity index (χ2v) is 6.05. The number of carboxylic acid groups (broad SMARTS) is 1. The first-order chi connectivity index (χ1) is 7.85. The third kappa shape index (κ3) is 3.98. The number of rotatable bonds is 5. The molecule has 0 amide bonds. The predicted octanol–water partition coefficient (Wildman–Crippen LogP) is 3.47. The van der Waals surface area contributed by atoms with Gasteiger partial charge in [0.05, 0.1) is 6.10 Å². The summed E-state index contributed by atoms with van der Waals surface area (Å²) in [5, 5.41) is 9.37. The lowest BCUT2D eigenvalue weighted by atomic mass is 9.86. The first-order valence-corrected chi connectivity index (χ1v) is 6.76. The smallest absolute Gasteiger partial charge is 0.335 e. The van der Waals surface area contributed by atoms with Crippen LogP contribution in [-0.2, 0) is 9.53 Å². The van der Waals surface area contributed by atoms with E-state index in [1.54, 1.807) is 6.92 Å². The van der Waals surface area contributed by atoms with Gasteiger partial charge in [0.2, 0.25) is 0 Å². The number of carbonyl (C=O) groups is 1. The number of hydrogen-bond donors (Lipinski definition) is 1. The molecule has 0 aromatic heterocycles. The highest BCUT2D eigenvalue weighted by molar-refractivity contribution is 5.76. The minimum atomic E-state index is -1.02. The van der Waals surface area contributed by atoms with Crippen molar-refractivity contribution in [3.63, 3.8) is 0 Å². The number of hydrogen-bond acceptors (Lipinski definition) is 2. The average molecular weight is 242 g/mol. The summed E-state index contributed by atoms with van der Waals surface area (Å²) in [5.74, 6) is -0.0199. The van der Waals surface area contributed by atoms with Crippen molar-refractivity contribution in [3.8, 4) is 0 Å². The Hall–Kier alpha value is -0.570. The van der Waals surface area contributed by atoms with Gasteiger partial charge in [0.1, 0.15) is 0 Å². The van der Waals surface area contributed by atoms with Crippen LogP contribution in [0, 0.1) is 11.8 Å². The average Bonchev–Trinajstić information content (AvgIpc) is 2.20. The molecular formula is C14H26O3. The largest absolute Gasteiger partial charge is 0.479 e. The van der Waals surface area contributed by atoms with Crippen LogP contribution in [0.3, 0.4) is 0 Å². The molecule has 1 aliphatic carbocycles. The van der Waals surface area contributed by atoms with E-state index in [1.165, 1.54) is 6.42 Å². The molecule has 3 nitrogen and oxygen atoms in total. The first-order valence-electron chi connectivity index (χ1n) is 6.76. The van der Waals surface area contributed by atoms with E-state index in [0.29, 0.717) is 18.3 Å². The second-order valence-electron chi connectivity index (χ2n) is 6.05. The lowest BCUT2D eigenvalue weighted by molar-refractivity contribution is -0.180. The van der Waals surface area contributed by atoms with Gasteiger partial charge in [0.25, 0.3) is 0 Å². The van der Waals surface area contributed by atoms with Crippen molar-refractivity contribution in [2.45, 2.75) is 71.5 Å². The van der Waals surface area contributed by atoms with Crippen LogP contribution in [0.2, 0.25) is 0 Å². The van der Waals surface area contributed by atoms with Crippen LogP contribution in [-0.4, -0.2) is 22.8 Å². The zero-order valence-corrected chi connectivity index (χ0v) is 11.5. The van der Waals surface area contributed by atoms with Crippen molar-refractivity contribution >= 4 is 5.97 Å². The summed E-state index contributed by atoms with van der Waals surface area (Å²) in [7, 11) is 0. The van der Waals surface area contributed by atoms with E-state index in [4.69, 9.17) is 4.74 Å². The van der Waals surface area contributed by atoms with E-state index in [-0.39, 0.29) is 6.10 Å². The standard InChI is InChI=1S/C14H26O3/c1-10(2)9-14(4,13(15)16)17-12-8-6-5-7-11(12)3/h10-12H,5-9H2,1-4H3,(H,15,16). The van der Waals surface area contributed by atoms with Crippen LogP contribution in [0.5, 0.6) is 0 Å². The Morgan fingerprint density at radius 1 is 1.41 bits per heavy atom. The van der Waals surface area contributed by atoms with Gasteiger partial charge in [-0.2, -0.15) is 0 Å². The van der Waals surface area contributed by atoms with Crippen molar-refractivity contribution in [3.05, 3.63) is 0 Å². The van der Waals surface area contributed by atoms with Crippen LogP contribution < -0.4 is 0 Å². The minimum absolute atomic E-state index is 0.114. The summed E-state index contributed by atoms with van der Waals surface area (Å²) >= 11 is 0. The maximum absolute atomic E-state index is 11.4. The molecule has 0 aromatic carbocycles. The molecule has 3 atom stereocenters. The molecule has 0 heterocycles. The molecule has 1 rings (SSSR count). The van der Waals surface area contributed by atoms with Gasteiger partial charge >= 0.3 is 5.97 Å². The molecule has 3 heteroatoms. The summed E-state index contributed by atoms with van der Waals surface area (Å²) in [6.45, 7) is 7.96. The van der Waals surface area contributed by atoms with Gasteiger partial charge in [-0.15, -0.1) is 0 Å². The molecule has 0 radical (unpaired) electrons. The first kappa shape index (κ1) is 14.5. The van der Waals surface area contributed by atoms with Gasteiger partial charge in [-0.1, -0.05) is 33.6 Å². The molecule has 0 aromatic rings. The quantitative estimate of drug-likeness (QED) is 0.803. The molecule has 1 fully saturated rings. The number of carboxylic acids is 1. The molecule has 1 N–H and O–H groups in total. The van der Waals surface area contributed by atoms with Crippen LogP contribution in [0.4, 0.5) is 0 Å². The fraction of sp³-hybridized carbons (Fsp3) is 0.929. The molecule has 1 aliphatic rings. The van der Waals surface area contributed by atoms with Gasteiger partial charge in [0.15, 0.2) is 5.60 Å². The van der Waals surface area contributed by atoms with Gasteiger partial charge in [-0.05, 0) is 38.0 Å². The summed E-state index contributed by atoms with van der Waals surface area (Å²) in [5.41, 5.74) is -1.02. The highest BCUT2D eigenvalue weighted by Crippen LogP contribution is 2.32. The third-order valence-electron chi connectivity index (χ3n) is 3.69. The summed E-state index contributed by atoms with van der Waals surface area (Å²) in [6, 6.07) is 0. The highest BCUT2D eigenvalue weighted by Gasteiger charge is 2.39. The second kappa shape index (κ2) is 5.85. The zero-order chi connectivity index (χ0) is 13.1. The molecule has 0 aliphatic heterocycles. The lowest BCUT2D eigenvalue weighted by Crippen LogP contribution is -2.45. The van der Waals surface area contributed by atoms with Gasteiger partial charge in [0, 0.05) is 0 Å². The Balaban J connectivity index is 2.68. The Bertz CT molecular complexity index is 262. The Morgan fingerprint density at radius 2 is 2.00 bits per heavy atom. The fourth-order valence-electron chi connectivity index (χ4n) is 2.76. The Kier molecular flexibility index (Phi) is 4.99. The van der Waals surface area contributed by atoms with E-state index in [0.717, 1.165) is 19.3 Å². The summed E-state index contributed by atoms with van der Waals surface area (Å²) < 4.78 is 5.96. The van der Waals surface area contributed by atoms with E-state index in [9.17, 15) is 9.90 Å². The summed E-state index contributed by atoms with van der Waals surface area (Å²) in [6.07, 6.45) is 5.25. The monoisotopic (exact) mass is 242 g/mol. The lowest BCUT2D eigenvalue weighted by Gasteiger charge is -2.36. The zero-order valence-electron chi connectivity index (χ0n) is 11.5. The van der Waals surface area contributed by atoms with Crippen LogP contribution in [0.15, 0.2) is 0 Å². The molecule has 3 unspecified atom stereocenters. The van der Waals surface area contributed by atoms with Gasteiger partial charge < -0.3 is 9.84 Å². The minimum Gasteiger partial charge on any atom is -0.479 e. The van der Waals surface area contributed by atoms with Crippen molar-refractivity contribution in [1.29, 1.82) is 0 Å². The molecule has 0 saturated heterocycles. The van der Waals surface area contributed by atoms with E-state index >= 15 is 0 Å². The van der Waals surface area contributed by atoms with Crippen LogP contribution in [0.1, 0.15) is 59.8 Å². The molecule has 1 saturated carbocycles. The normalized spacial score (nSPS) is 29.0. The number of aliphatic carboxylic acids is 1. The fourth-order valence-corrected chi connectivity index (χ4v) is 2.76. The van der Waals surface area contributed by atoms with Gasteiger partial charge in [-0.3, -0.25) is 0 Å². The van der Waals surface area contributed by atoms with Gasteiger partial charge in [-0.25, -0.2) is 4.79 Å². The Labute approximate surface area is 105 Å². The molecule has 0 spiro atoms. The molecule has 100 valence electrons. The molecule has 17 heavy (non-hydrogen) atoms. The van der Waals surface area contributed by atoms with E-state index < -0.39 is 11.6 Å². The maximum Gasteiger partial charge on any atom is 0.335 e. The third-order valence-corrected chi connectivity index (χ3v) is 3.69. The van der Waals surface area contributed by atoms with Crippen molar-refractivity contribution < 1.29 is 14.6 Å². The van der Waals surface area contributed by atoms with E-state index in [1.807, 2.05) is 13.8 Å². The maximum atomic E-state index is 11.4. The Morgan fingerprint density at radius 3 is 2.47 bits per heavy atom. The van der Waals surface area contributed by atoms with Crippen molar-refractivity contribution in [2.24, 2.45) is 11.8 Å². The predicted molar refractivity (Wildman–Crippen MR) is 68.0 cm³/mol. The van der Waals surface area contributed by atoms with E-state index in [2.05, 4.69) is 6.92 Å². The number of ether oxygens (including phenoxy) is 1.